The molecule has 2 aromatic rings. The first kappa shape index (κ1) is 14.7. The van der Waals surface area contributed by atoms with Gasteiger partial charge in [-0.05, 0) is 26.0 Å². The number of nitrogens with two attached hydrogens (primary N) is 1. The number of nitrogen functional groups attached to an aromatic ring is 1. The lowest BCUT2D eigenvalue weighted by molar-refractivity contribution is 0.595. The van der Waals surface area contributed by atoms with Crippen LogP contribution in [0.3, 0.4) is 0 Å². The fraction of sp³-hybridized carbons (Fsp3) is 0.231. The zero-order chi connectivity index (χ0) is 14.9. The van der Waals surface area contributed by atoms with Crippen LogP contribution in [0.1, 0.15) is 21.1 Å². The fourth-order valence-corrected chi connectivity index (χ4v) is 4.29. The van der Waals surface area contributed by atoms with Gasteiger partial charge in [0.2, 0.25) is 0 Å². The Morgan fingerprint density at radius 3 is 2.40 bits per heavy atom. The molecule has 1 aromatic heterocycles. The van der Waals surface area contributed by atoms with E-state index in [2.05, 4.69) is 4.98 Å². The standard InChI is InChI=1S/C13H15N3O2S2/c1-8-3-5-10(6-4-8)20(17,18)7-11-16-9(2)12(19-11)13(14)15/h3-6H,7H2,1-2H3,(H3,14,15). The first-order chi connectivity index (χ1) is 9.29. The van der Waals surface area contributed by atoms with Crippen LogP contribution in [0.4, 0.5) is 0 Å². The Morgan fingerprint density at radius 1 is 1.30 bits per heavy atom. The van der Waals surface area contributed by atoms with Crippen LogP contribution in [-0.4, -0.2) is 19.2 Å². The summed E-state index contributed by atoms with van der Waals surface area (Å²) in [5.41, 5.74) is 7.03. The summed E-state index contributed by atoms with van der Waals surface area (Å²) in [6, 6.07) is 6.72. The maximum atomic E-state index is 12.3. The number of benzene rings is 1. The summed E-state index contributed by atoms with van der Waals surface area (Å²) in [6.45, 7) is 3.62. The van der Waals surface area contributed by atoms with Crippen molar-refractivity contribution in [2.24, 2.45) is 5.73 Å². The van der Waals surface area contributed by atoms with Gasteiger partial charge in [-0.15, -0.1) is 11.3 Å². The maximum Gasteiger partial charge on any atom is 0.184 e. The highest BCUT2D eigenvalue weighted by atomic mass is 32.2. The molecule has 20 heavy (non-hydrogen) atoms. The first-order valence-corrected chi connectivity index (χ1v) is 8.36. The number of hydrogen-bond acceptors (Lipinski definition) is 5. The van der Waals surface area contributed by atoms with Crippen LogP contribution in [0.5, 0.6) is 0 Å². The van der Waals surface area contributed by atoms with E-state index in [0.717, 1.165) is 16.9 Å². The van der Waals surface area contributed by atoms with Crippen LogP contribution < -0.4 is 5.73 Å². The maximum absolute atomic E-state index is 12.3. The van der Waals surface area contributed by atoms with Crippen molar-refractivity contribution in [1.82, 2.24) is 4.98 Å². The van der Waals surface area contributed by atoms with Crippen LogP contribution in [0.25, 0.3) is 0 Å². The predicted octanol–water partition coefficient (Wildman–Crippen LogP) is 2.02. The van der Waals surface area contributed by atoms with E-state index in [1.54, 1.807) is 31.2 Å². The second kappa shape index (κ2) is 5.34. The number of aryl methyl sites for hydroxylation is 2. The highest BCUT2D eigenvalue weighted by Crippen LogP contribution is 2.22. The monoisotopic (exact) mass is 309 g/mol. The molecule has 3 N–H and O–H groups in total. The van der Waals surface area contributed by atoms with E-state index in [4.69, 9.17) is 11.1 Å². The first-order valence-electron chi connectivity index (χ1n) is 5.90. The number of hydrogen-bond donors (Lipinski definition) is 2. The van der Waals surface area contributed by atoms with E-state index in [-0.39, 0.29) is 16.5 Å². The second-order valence-corrected chi connectivity index (χ2v) is 7.58. The number of rotatable bonds is 4. The lowest BCUT2D eigenvalue weighted by Crippen LogP contribution is -2.10. The molecule has 2 rings (SSSR count). The molecule has 0 fully saturated rings. The molecule has 106 valence electrons. The van der Waals surface area contributed by atoms with Crippen molar-refractivity contribution < 1.29 is 8.42 Å². The van der Waals surface area contributed by atoms with E-state index in [9.17, 15) is 8.42 Å². The normalized spacial score (nSPS) is 11.5. The van der Waals surface area contributed by atoms with Gasteiger partial charge >= 0.3 is 0 Å². The quantitative estimate of drug-likeness (QED) is 0.667. The summed E-state index contributed by atoms with van der Waals surface area (Å²) in [7, 11) is -3.42. The highest BCUT2D eigenvalue weighted by molar-refractivity contribution is 7.90. The summed E-state index contributed by atoms with van der Waals surface area (Å²) >= 11 is 1.15. The Bertz CT molecular complexity index is 746. The van der Waals surface area contributed by atoms with E-state index in [0.29, 0.717) is 15.6 Å². The molecule has 1 aromatic carbocycles. The number of thiazole rings is 1. The Morgan fingerprint density at radius 2 is 1.90 bits per heavy atom. The summed E-state index contributed by atoms with van der Waals surface area (Å²) < 4.78 is 24.6. The number of sulfone groups is 1. The minimum absolute atomic E-state index is 0.0843. The van der Waals surface area contributed by atoms with Gasteiger partial charge in [0.05, 0.1) is 15.5 Å². The second-order valence-electron chi connectivity index (χ2n) is 4.51. The van der Waals surface area contributed by atoms with Crippen LogP contribution in [0, 0.1) is 19.3 Å². The lowest BCUT2D eigenvalue weighted by atomic mass is 10.2. The van der Waals surface area contributed by atoms with E-state index in [1.165, 1.54) is 0 Å². The van der Waals surface area contributed by atoms with Gasteiger partial charge in [-0.1, -0.05) is 17.7 Å². The van der Waals surface area contributed by atoms with E-state index >= 15 is 0 Å². The molecule has 0 bridgehead atoms. The molecule has 0 aliphatic carbocycles. The Kier molecular flexibility index (Phi) is 3.92. The SMILES string of the molecule is Cc1ccc(S(=O)(=O)Cc2nc(C)c(C(=N)N)s2)cc1. The van der Waals surface area contributed by atoms with E-state index in [1.807, 2.05) is 6.92 Å². The van der Waals surface area contributed by atoms with Crippen molar-refractivity contribution >= 4 is 27.0 Å². The van der Waals surface area contributed by atoms with Gasteiger partial charge in [0, 0.05) is 0 Å². The van der Waals surface area contributed by atoms with Crippen molar-refractivity contribution in [3.63, 3.8) is 0 Å². The molecule has 5 nitrogen and oxygen atoms in total. The van der Waals surface area contributed by atoms with Crippen LogP contribution in [0.15, 0.2) is 29.2 Å². The number of aromatic nitrogens is 1. The van der Waals surface area contributed by atoms with Crippen LogP contribution in [-0.2, 0) is 15.6 Å². The molecule has 0 aliphatic rings. The molecule has 0 saturated heterocycles. The minimum Gasteiger partial charge on any atom is -0.383 e. The van der Waals surface area contributed by atoms with Gasteiger partial charge in [0.1, 0.15) is 16.6 Å². The summed E-state index contributed by atoms with van der Waals surface area (Å²) in [5, 5.41) is 7.86. The van der Waals surface area contributed by atoms with Gasteiger partial charge in [0.25, 0.3) is 0 Å². The summed E-state index contributed by atoms with van der Waals surface area (Å²) in [5.74, 6) is -0.256. The molecule has 0 amide bonds. The predicted molar refractivity (Wildman–Crippen MR) is 79.9 cm³/mol. The molecule has 7 heteroatoms. The molecular formula is C13H15N3O2S2. The third-order valence-corrected chi connectivity index (χ3v) is 5.80. The van der Waals surface area contributed by atoms with Gasteiger partial charge in [-0.25, -0.2) is 13.4 Å². The third-order valence-electron chi connectivity index (χ3n) is 2.78. The largest absolute Gasteiger partial charge is 0.383 e. The van der Waals surface area contributed by atoms with Crippen molar-refractivity contribution in [2.45, 2.75) is 24.5 Å². The fourth-order valence-electron chi connectivity index (χ4n) is 1.76. The third kappa shape index (κ3) is 3.05. The minimum atomic E-state index is -3.42. The van der Waals surface area contributed by atoms with Crippen molar-refractivity contribution in [3.8, 4) is 0 Å². The van der Waals surface area contributed by atoms with Crippen molar-refractivity contribution in [2.75, 3.05) is 0 Å². The molecule has 0 atom stereocenters. The Labute approximate surface area is 121 Å². The van der Waals surface area contributed by atoms with Gasteiger partial charge in [0.15, 0.2) is 9.84 Å². The summed E-state index contributed by atoms with van der Waals surface area (Å²) in [4.78, 5) is 4.98. The molecule has 0 aliphatic heterocycles. The molecule has 0 radical (unpaired) electrons. The van der Waals surface area contributed by atoms with Crippen LogP contribution >= 0.6 is 11.3 Å². The molecule has 0 spiro atoms. The van der Waals surface area contributed by atoms with Gasteiger partial charge in [-0.2, -0.15) is 0 Å². The van der Waals surface area contributed by atoms with Crippen LogP contribution in [0.2, 0.25) is 0 Å². The smallest absolute Gasteiger partial charge is 0.184 e. The van der Waals surface area contributed by atoms with E-state index < -0.39 is 9.84 Å². The number of nitrogens with zero attached hydrogens (tertiary/aromatic N) is 1. The van der Waals surface area contributed by atoms with Gasteiger partial charge < -0.3 is 5.73 Å². The Balaban J connectivity index is 2.31. The highest BCUT2D eigenvalue weighted by Gasteiger charge is 2.19. The Hall–Kier alpha value is -1.73. The zero-order valence-corrected chi connectivity index (χ0v) is 12.8. The molecule has 1 heterocycles. The lowest BCUT2D eigenvalue weighted by Gasteiger charge is -2.02. The van der Waals surface area contributed by atoms with Gasteiger partial charge in [-0.3, -0.25) is 5.41 Å². The van der Waals surface area contributed by atoms with Crippen molar-refractivity contribution in [3.05, 3.63) is 45.4 Å². The topological polar surface area (TPSA) is 96.9 Å². The molecule has 0 unspecified atom stereocenters. The molecular weight excluding hydrogens is 294 g/mol. The summed E-state index contributed by atoms with van der Waals surface area (Å²) in [6.07, 6.45) is 0. The van der Waals surface area contributed by atoms with Crippen molar-refractivity contribution in [1.29, 1.82) is 5.41 Å². The average molecular weight is 309 g/mol. The average Bonchev–Trinajstić information content (AvgIpc) is 2.70. The zero-order valence-electron chi connectivity index (χ0n) is 11.2. The number of amidine groups is 1. The number of nitrogens with one attached hydrogen (secondary N) is 1. The molecule has 0 saturated carbocycles.